The molecule has 0 aliphatic rings. The van der Waals surface area contributed by atoms with Crippen molar-refractivity contribution >= 4 is 33.6 Å². The van der Waals surface area contributed by atoms with Crippen LogP contribution in [0.2, 0.25) is 0 Å². The summed E-state index contributed by atoms with van der Waals surface area (Å²) in [6.45, 7) is 0. The van der Waals surface area contributed by atoms with Crippen LogP contribution in [0, 0.1) is 0 Å². The molecule has 0 N–H and O–H groups in total. The predicted octanol–water partition coefficient (Wildman–Crippen LogP) is 5.18. The lowest BCUT2D eigenvalue weighted by Crippen LogP contribution is -2.04. The van der Waals surface area contributed by atoms with Crippen LogP contribution in [0.15, 0.2) is 77.4 Å². The summed E-state index contributed by atoms with van der Waals surface area (Å²) in [5.41, 5.74) is 1.73. The van der Waals surface area contributed by atoms with Gasteiger partial charge < -0.3 is 9.15 Å². The van der Waals surface area contributed by atoms with Crippen molar-refractivity contribution in [3.8, 4) is 16.3 Å². The van der Waals surface area contributed by atoms with E-state index in [1.807, 2.05) is 42.5 Å². The monoisotopic (exact) mass is 347 g/mol. The van der Waals surface area contributed by atoms with Crippen LogP contribution in [0.25, 0.3) is 26.9 Å². The molecule has 0 radical (unpaired) electrons. The minimum atomic E-state index is -0.468. The van der Waals surface area contributed by atoms with Crippen molar-refractivity contribution in [2.75, 3.05) is 0 Å². The van der Waals surface area contributed by atoms with E-state index in [1.165, 1.54) is 6.08 Å². The molecule has 0 amide bonds. The molecule has 4 rings (SSSR count). The van der Waals surface area contributed by atoms with Gasteiger partial charge in [0.1, 0.15) is 16.5 Å². The van der Waals surface area contributed by atoms with Crippen LogP contribution in [0.1, 0.15) is 5.76 Å². The number of hydrogen-bond donors (Lipinski definition) is 0. The second-order valence-electron chi connectivity index (χ2n) is 5.25. The van der Waals surface area contributed by atoms with Crippen LogP contribution < -0.4 is 4.74 Å². The lowest BCUT2D eigenvalue weighted by atomic mass is 10.2. The SMILES string of the molecule is O=C(/C=C/c1ccco1)Oc1ccccc1-c1nc2ccccc2s1. The Bertz CT molecular complexity index is 1010. The Labute approximate surface area is 148 Å². The Kier molecular flexibility index (Phi) is 4.14. The van der Waals surface area contributed by atoms with Crippen LogP contribution >= 0.6 is 11.3 Å². The number of nitrogens with zero attached hydrogens (tertiary/aromatic N) is 1. The molecule has 2 aromatic heterocycles. The molecule has 0 saturated heterocycles. The van der Waals surface area contributed by atoms with Crippen molar-refractivity contribution in [3.63, 3.8) is 0 Å². The molecule has 122 valence electrons. The molecule has 0 saturated carbocycles. The summed E-state index contributed by atoms with van der Waals surface area (Å²) in [5.74, 6) is 0.608. The molecule has 0 fully saturated rings. The zero-order valence-electron chi connectivity index (χ0n) is 13.1. The van der Waals surface area contributed by atoms with Gasteiger partial charge in [0.2, 0.25) is 0 Å². The Morgan fingerprint density at radius 1 is 1.04 bits per heavy atom. The number of carbonyl (C=O) groups excluding carboxylic acids is 1. The fourth-order valence-electron chi connectivity index (χ4n) is 2.40. The molecular weight excluding hydrogens is 334 g/mol. The van der Waals surface area contributed by atoms with E-state index in [2.05, 4.69) is 4.98 Å². The van der Waals surface area contributed by atoms with Gasteiger partial charge in [0, 0.05) is 6.08 Å². The van der Waals surface area contributed by atoms with E-state index in [-0.39, 0.29) is 0 Å². The van der Waals surface area contributed by atoms with Gasteiger partial charge in [-0.05, 0) is 42.5 Å². The van der Waals surface area contributed by atoms with Crippen LogP contribution in [-0.4, -0.2) is 11.0 Å². The fourth-order valence-corrected chi connectivity index (χ4v) is 3.39. The van der Waals surface area contributed by atoms with Crippen molar-refractivity contribution in [1.29, 1.82) is 0 Å². The topological polar surface area (TPSA) is 52.3 Å². The van der Waals surface area contributed by atoms with Crippen LogP contribution in [0.3, 0.4) is 0 Å². The van der Waals surface area contributed by atoms with Crippen molar-refractivity contribution in [1.82, 2.24) is 4.98 Å². The van der Waals surface area contributed by atoms with Gasteiger partial charge in [-0.1, -0.05) is 24.3 Å². The molecular formula is C20H13NO3S. The van der Waals surface area contributed by atoms with Crippen molar-refractivity contribution < 1.29 is 13.9 Å². The number of para-hydroxylation sites is 2. The number of hydrogen-bond acceptors (Lipinski definition) is 5. The molecule has 2 aromatic carbocycles. The first-order chi connectivity index (χ1) is 12.3. The molecule has 0 bridgehead atoms. The number of ether oxygens (including phenoxy) is 1. The first-order valence-electron chi connectivity index (χ1n) is 7.68. The number of esters is 1. The summed E-state index contributed by atoms with van der Waals surface area (Å²) in [5, 5.41) is 0.819. The molecule has 0 atom stereocenters. The number of aromatic nitrogens is 1. The number of benzene rings is 2. The molecule has 0 spiro atoms. The molecule has 25 heavy (non-hydrogen) atoms. The molecule has 5 heteroatoms. The average Bonchev–Trinajstić information content (AvgIpc) is 3.30. The third kappa shape index (κ3) is 3.36. The van der Waals surface area contributed by atoms with Crippen molar-refractivity contribution in [2.24, 2.45) is 0 Å². The highest BCUT2D eigenvalue weighted by Gasteiger charge is 2.13. The van der Waals surface area contributed by atoms with Gasteiger partial charge >= 0.3 is 5.97 Å². The van der Waals surface area contributed by atoms with Gasteiger partial charge in [-0.25, -0.2) is 9.78 Å². The van der Waals surface area contributed by atoms with Crippen LogP contribution in [0.4, 0.5) is 0 Å². The maximum Gasteiger partial charge on any atom is 0.336 e. The average molecular weight is 347 g/mol. The highest BCUT2D eigenvalue weighted by Crippen LogP contribution is 2.35. The smallest absolute Gasteiger partial charge is 0.336 e. The summed E-state index contributed by atoms with van der Waals surface area (Å²) in [6, 6.07) is 18.8. The molecule has 4 nitrogen and oxygen atoms in total. The summed E-state index contributed by atoms with van der Waals surface area (Å²) in [7, 11) is 0. The van der Waals surface area contributed by atoms with Gasteiger partial charge in [0.15, 0.2) is 0 Å². The Balaban J connectivity index is 1.61. The van der Waals surface area contributed by atoms with Gasteiger partial charge in [0.05, 0.1) is 22.0 Å². The molecule has 2 heterocycles. The van der Waals surface area contributed by atoms with E-state index in [4.69, 9.17) is 9.15 Å². The number of rotatable bonds is 4. The van der Waals surface area contributed by atoms with Crippen molar-refractivity contribution in [3.05, 3.63) is 78.8 Å². The van der Waals surface area contributed by atoms with Crippen molar-refractivity contribution in [2.45, 2.75) is 0 Å². The quantitative estimate of drug-likeness (QED) is 0.290. The molecule has 0 aliphatic heterocycles. The molecule has 0 aliphatic carbocycles. The van der Waals surface area contributed by atoms with E-state index in [9.17, 15) is 4.79 Å². The molecule has 4 aromatic rings. The normalized spacial score (nSPS) is 11.2. The third-order valence-electron chi connectivity index (χ3n) is 3.55. The summed E-state index contributed by atoms with van der Waals surface area (Å²) >= 11 is 1.57. The first kappa shape index (κ1) is 15.4. The number of fused-ring (bicyclic) bond motifs is 1. The zero-order chi connectivity index (χ0) is 17.1. The van der Waals surface area contributed by atoms with E-state index >= 15 is 0 Å². The van der Waals surface area contributed by atoms with Gasteiger partial charge in [-0.2, -0.15) is 0 Å². The van der Waals surface area contributed by atoms with E-state index < -0.39 is 5.97 Å². The number of thiazole rings is 1. The van der Waals surface area contributed by atoms with Crippen LogP contribution in [0.5, 0.6) is 5.75 Å². The molecule has 0 unspecified atom stereocenters. The van der Waals surface area contributed by atoms with Crippen LogP contribution in [-0.2, 0) is 4.79 Å². The van der Waals surface area contributed by atoms with E-state index in [0.717, 1.165) is 20.8 Å². The maximum atomic E-state index is 12.1. The van der Waals surface area contributed by atoms with E-state index in [0.29, 0.717) is 11.5 Å². The number of furan rings is 1. The predicted molar refractivity (Wildman–Crippen MR) is 98.4 cm³/mol. The lowest BCUT2D eigenvalue weighted by molar-refractivity contribution is -0.128. The minimum absolute atomic E-state index is 0.468. The minimum Gasteiger partial charge on any atom is -0.465 e. The highest BCUT2D eigenvalue weighted by molar-refractivity contribution is 7.21. The Morgan fingerprint density at radius 2 is 1.88 bits per heavy atom. The Morgan fingerprint density at radius 3 is 2.72 bits per heavy atom. The lowest BCUT2D eigenvalue weighted by Gasteiger charge is -2.06. The Hall–Kier alpha value is -3.18. The maximum absolute atomic E-state index is 12.1. The largest absolute Gasteiger partial charge is 0.465 e. The first-order valence-corrected chi connectivity index (χ1v) is 8.49. The number of carbonyl (C=O) groups is 1. The van der Waals surface area contributed by atoms with Gasteiger partial charge in [-0.3, -0.25) is 0 Å². The summed E-state index contributed by atoms with van der Waals surface area (Å²) < 4.78 is 11.7. The third-order valence-corrected chi connectivity index (χ3v) is 4.62. The zero-order valence-corrected chi connectivity index (χ0v) is 13.9. The van der Waals surface area contributed by atoms with E-state index in [1.54, 1.807) is 41.9 Å². The standard InChI is InChI=1S/C20H13NO3S/c22-19(12-11-14-6-5-13-23-14)24-17-9-3-1-7-15(17)20-21-16-8-2-4-10-18(16)25-20/h1-13H/b12-11+. The van der Waals surface area contributed by atoms with Gasteiger partial charge in [-0.15, -0.1) is 11.3 Å². The second-order valence-corrected chi connectivity index (χ2v) is 6.28. The summed E-state index contributed by atoms with van der Waals surface area (Å²) in [6.07, 6.45) is 4.46. The highest BCUT2D eigenvalue weighted by atomic mass is 32.1. The fraction of sp³-hybridized carbons (Fsp3) is 0. The van der Waals surface area contributed by atoms with Gasteiger partial charge in [0.25, 0.3) is 0 Å². The second kappa shape index (κ2) is 6.75. The summed E-state index contributed by atoms with van der Waals surface area (Å²) in [4.78, 5) is 16.7.